The Labute approximate surface area is 582 Å². The molecule has 546 valence electrons. The third kappa shape index (κ3) is 23.9. The van der Waals surface area contributed by atoms with Crippen LogP contribution in [-0.2, 0) is 75.8 Å². The maximum atomic E-state index is 12.9. The summed E-state index contributed by atoms with van der Waals surface area (Å²) in [7, 11) is 17.4. The van der Waals surface area contributed by atoms with E-state index >= 15 is 0 Å². The van der Waals surface area contributed by atoms with Crippen molar-refractivity contribution in [1.29, 1.82) is 0 Å². The molecule has 9 aromatic heterocycles. The van der Waals surface area contributed by atoms with E-state index in [9.17, 15) is 30.7 Å². The molecule has 0 bridgehead atoms. The van der Waals surface area contributed by atoms with E-state index in [0.29, 0.717) is 47.6 Å². The van der Waals surface area contributed by atoms with Crippen molar-refractivity contribution in [2.75, 3.05) is 0 Å². The molecular weight excluding hydrogens is 1230 g/mol. The second kappa shape index (κ2) is 37.3. The van der Waals surface area contributed by atoms with Gasteiger partial charge < -0.3 is 41.1 Å². The number of rotatable bonds is 6. The molecule has 9 aromatic rings. The number of aryl methyl sites for hydroxylation is 9. The van der Waals surface area contributed by atoms with Crippen LogP contribution >= 0.6 is 0 Å². The summed E-state index contributed by atoms with van der Waals surface area (Å²) in [6.45, 7) is 60.8. The van der Waals surface area contributed by atoms with E-state index in [1.165, 1.54) is 119 Å². The first-order valence-corrected chi connectivity index (χ1v) is 34.1. The summed E-state index contributed by atoms with van der Waals surface area (Å²) in [5.74, 6) is 3.48. The molecule has 0 aromatic carbocycles. The number of hydrogen-bond acceptors (Lipinski definition) is 0. The maximum Gasteiger partial charge on any atom is 0.431 e. The second-order valence-electron chi connectivity index (χ2n) is 28.5. The summed E-state index contributed by atoms with van der Waals surface area (Å²) >= 11 is 0. The summed E-state index contributed by atoms with van der Waals surface area (Å²) in [5, 5.41) is 0. The lowest BCUT2D eigenvalue weighted by Gasteiger charge is -2.12. The third-order valence-electron chi connectivity index (χ3n) is 19.6. The Kier molecular flexibility index (Phi) is 33.8. The van der Waals surface area contributed by atoms with Crippen LogP contribution in [0.25, 0.3) is 0 Å². The van der Waals surface area contributed by atoms with Gasteiger partial charge in [-0.3, -0.25) is 0 Å². The van der Waals surface area contributed by atoms with Crippen LogP contribution in [0.3, 0.4) is 0 Å². The van der Waals surface area contributed by atoms with Gasteiger partial charge >= 0.3 is 12.4 Å². The van der Waals surface area contributed by atoms with E-state index in [0.717, 1.165) is 18.3 Å². The molecule has 0 unspecified atom stereocenters. The fourth-order valence-electron chi connectivity index (χ4n) is 12.1. The minimum Gasteiger partial charge on any atom is -0.354 e. The van der Waals surface area contributed by atoms with Gasteiger partial charge in [-0.05, 0) is 238 Å². The van der Waals surface area contributed by atoms with Crippen molar-refractivity contribution in [1.82, 2.24) is 41.1 Å². The van der Waals surface area contributed by atoms with Crippen LogP contribution in [0.4, 0.5) is 30.7 Å². The normalized spacial score (nSPS) is 11.2. The predicted octanol–water partition coefficient (Wildman–Crippen LogP) is 23.1. The topological polar surface area (TPSA) is 44.4 Å². The van der Waals surface area contributed by atoms with Gasteiger partial charge in [-0.25, -0.2) is 4.39 Å². The van der Waals surface area contributed by atoms with Gasteiger partial charge in [0.15, 0.2) is 0 Å². The summed E-state index contributed by atoms with van der Waals surface area (Å²) in [6.07, 6.45) is 0.821. The molecule has 0 saturated carbocycles. The van der Waals surface area contributed by atoms with Gasteiger partial charge in [0.1, 0.15) is 17.2 Å². The molecule has 0 aliphatic heterocycles. The Bertz CT molecular complexity index is 3590. The second-order valence-corrected chi connectivity index (χ2v) is 28.5. The molecule has 9 rings (SSSR count). The fourth-order valence-corrected chi connectivity index (χ4v) is 12.1. The smallest absolute Gasteiger partial charge is 0.354 e. The standard InChI is InChI=1S/C11H19N.3C10H17N.C9H14FN.C9H15N.C8H13N.C7H5F6N.C7H11N/c1-8(2)10-6-7-11(9(3)4)12(10)5;2*1-7(2)10-6-11(5)9(4)8(10)3;1-7(2)10-9(4)8(3)6-11(10)5;1-6(2)9-7(3)8(10)5-11(9)4;1-6-7(2)9(4)10(5)8(6)3;1-6-5-9(4)8(3)7(6)2;1-14-4(6(8,9)10)2-3-5(14)7(11,12)13;1-6-4-5-7(2)8(6)3/h6-9H,1-5H3;3*6-7H,1-5H3;5-6H,1-4H3;1-5H3;5H,1-4H3;2-3H,1H3;4-5H,1-3H3. The van der Waals surface area contributed by atoms with Crippen molar-refractivity contribution in [2.24, 2.45) is 63.4 Å². The van der Waals surface area contributed by atoms with Gasteiger partial charge in [0.05, 0.1) is 0 Å². The third-order valence-corrected chi connectivity index (χ3v) is 19.6. The summed E-state index contributed by atoms with van der Waals surface area (Å²) in [6, 6.07) is 9.52. The highest BCUT2D eigenvalue weighted by Crippen LogP contribution is 2.36. The van der Waals surface area contributed by atoms with Crippen molar-refractivity contribution >= 4 is 0 Å². The molecule has 9 nitrogen and oxygen atoms in total. The molecule has 0 aliphatic carbocycles. The first-order valence-electron chi connectivity index (χ1n) is 34.1. The highest BCUT2D eigenvalue weighted by Gasteiger charge is 2.40. The van der Waals surface area contributed by atoms with Crippen LogP contribution in [0.5, 0.6) is 0 Å². The number of aromatic nitrogens is 9. The molecule has 0 amide bonds. The van der Waals surface area contributed by atoms with E-state index in [1.807, 2.05) is 18.5 Å². The number of halogens is 7. The minimum atomic E-state index is -4.77. The molecule has 0 fully saturated rings. The molecular formula is C81H128F7N9. The van der Waals surface area contributed by atoms with Gasteiger partial charge in [-0.15, -0.1) is 0 Å². The highest BCUT2D eigenvalue weighted by atomic mass is 19.4. The largest absolute Gasteiger partial charge is 0.431 e. The molecule has 9 heterocycles. The van der Waals surface area contributed by atoms with E-state index < -0.39 is 23.7 Å². The minimum absolute atomic E-state index is 0.0833. The van der Waals surface area contributed by atoms with Crippen molar-refractivity contribution in [3.63, 3.8) is 0 Å². The van der Waals surface area contributed by atoms with Crippen molar-refractivity contribution < 1.29 is 30.7 Å². The lowest BCUT2D eigenvalue weighted by molar-refractivity contribution is -0.152. The monoisotopic (exact) mass is 1360 g/mol. The molecule has 0 saturated heterocycles. The van der Waals surface area contributed by atoms with Gasteiger partial charge in [0.2, 0.25) is 0 Å². The van der Waals surface area contributed by atoms with E-state index in [1.54, 1.807) is 0 Å². The van der Waals surface area contributed by atoms with Crippen LogP contribution in [-0.4, -0.2) is 41.1 Å². The lowest BCUT2D eigenvalue weighted by atomic mass is 10.0. The van der Waals surface area contributed by atoms with E-state index in [4.69, 9.17) is 0 Å². The molecule has 0 aliphatic rings. The summed E-state index contributed by atoms with van der Waals surface area (Å²) in [4.78, 5) is 0. The highest BCUT2D eigenvalue weighted by molar-refractivity contribution is 5.36. The lowest BCUT2D eigenvalue weighted by Crippen LogP contribution is -2.16. The zero-order valence-corrected chi connectivity index (χ0v) is 67.0. The first-order chi connectivity index (χ1) is 44.2. The zero-order valence-electron chi connectivity index (χ0n) is 67.0. The average Bonchev–Trinajstić information content (AvgIpc) is 1.67. The van der Waals surface area contributed by atoms with Crippen molar-refractivity contribution in [2.45, 2.75) is 242 Å². The van der Waals surface area contributed by atoms with Crippen LogP contribution in [0.1, 0.15) is 254 Å². The summed E-state index contributed by atoms with van der Waals surface area (Å²) < 4.78 is 103. The predicted molar refractivity (Wildman–Crippen MR) is 399 cm³/mol. The Hall–Kier alpha value is -6.97. The van der Waals surface area contributed by atoms with E-state index in [2.05, 4.69) is 317 Å². The molecule has 0 N–H and O–H groups in total. The summed E-state index contributed by atoms with van der Waals surface area (Å²) in [5.41, 5.74) is 27.5. The average molecular weight is 1360 g/mol. The Morgan fingerprint density at radius 3 is 0.722 bits per heavy atom. The molecule has 97 heavy (non-hydrogen) atoms. The molecule has 0 spiro atoms. The van der Waals surface area contributed by atoms with Crippen molar-refractivity contribution in [3.05, 3.63) is 208 Å². The first kappa shape index (κ1) is 88.0. The SMILES string of the molecule is CC(C)c1ccc(C(C)C)n1C.Cc1c(C(C)C)cn(C)c1C.Cc1c(C(C)C)cn(C)c1C.Cc1c(C)c(C)n(C)c1C.Cc1c(F)cn(C)c1C(C)C.Cc1ccc(C)n1C.Cc1cn(C)c(C(C)C)c1C.Cc1cn(C)c(C)c1C.Cn1c(C(F)(F)F)ccc1C(F)(F)F. The quantitative estimate of drug-likeness (QED) is 0.149. The maximum absolute atomic E-state index is 12.9. The number of hydrogen-bond donors (Lipinski definition) is 0. The van der Waals surface area contributed by atoms with Crippen LogP contribution in [0.2, 0.25) is 0 Å². The van der Waals surface area contributed by atoms with Gasteiger partial charge in [0.25, 0.3) is 0 Å². The Balaban J connectivity index is 0.000000547. The van der Waals surface area contributed by atoms with Crippen LogP contribution in [0.15, 0.2) is 67.4 Å². The van der Waals surface area contributed by atoms with Crippen LogP contribution < -0.4 is 0 Å². The van der Waals surface area contributed by atoms with E-state index in [-0.39, 0.29) is 10.4 Å². The van der Waals surface area contributed by atoms with Crippen molar-refractivity contribution in [3.8, 4) is 0 Å². The molecule has 0 radical (unpaired) electrons. The molecule has 0 atom stereocenters. The number of alkyl halides is 6. The fraction of sp³-hybridized carbons (Fsp3) is 0.556. The Morgan fingerprint density at radius 1 is 0.278 bits per heavy atom. The molecule has 16 heteroatoms. The van der Waals surface area contributed by atoms with Gasteiger partial charge in [-0.1, -0.05) is 83.1 Å². The van der Waals surface area contributed by atoms with Gasteiger partial charge in [0, 0.05) is 163 Å². The number of nitrogens with zero attached hydrogens (tertiary/aromatic N) is 9. The Morgan fingerprint density at radius 2 is 0.588 bits per heavy atom. The zero-order chi connectivity index (χ0) is 75.9. The van der Waals surface area contributed by atoms with Crippen LogP contribution in [0, 0.1) is 117 Å². The van der Waals surface area contributed by atoms with Gasteiger partial charge in [-0.2, -0.15) is 26.3 Å².